The molecule has 3 N–H and O–H groups in total. The van der Waals surface area contributed by atoms with Gasteiger partial charge in [-0.2, -0.15) is 0 Å². The van der Waals surface area contributed by atoms with E-state index in [9.17, 15) is 0 Å². The molecule has 11 heteroatoms. The van der Waals surface area contributed by atoms with Crippen molar-refractivity contribution in [2.45, 2.75) is 25.0 Å². The van der Waals surface area contributed by atoms with E-state index in [1.165, 1.54) is 0 Å². The molecule has 0 spiro atoms. The number of methoxy groups -OCH3 is 2. The molecular weight excluding hydrogens is 479 g/mol. The summed E-state index contributed by atoms with van der Waals surface area (Å²) in [4.78, 5) is 15.9. The number of fused-ring (bicyclic) bond motifs is 3. The van der Waals surface area contributed by atoms with Crippen LogP contribution in [0.2, 0.25) is 10.0 Å². The van der Waals surface area contributed by atoms with Crippen molar-refractivity contribution in [3.8, 4) is 22.8 Å². The van der Waals surface area contributed by atoms with E-state index in [0.717, 1.165) is 23.2 Å². The van der Waals surface area contributed by atoms with Crippen molar-refractivity contribution < 1.29 is 14.2 Å². The van der Waals surface area contributed by atoms with E-state index in [-0.39, 0.29) is 12.1 Å². The van der Waals surface area contributed by atoms with Gasteiger partial charge in [0.25, 0.3) is 0 Å². The SMILES string of the molecule is COc1cc(OC)c(Cl)c(N2Cc3cnc(N[C@@H]4COCC[C@@H]4N)nc3-c3cccnc32)c1Cl. The molecule has 5 rings (SSSR count). The number of benzene rings is 1. The van der Waals surface area contributed by atoms with Crippen molar-refractivity contribution in [1.29, 1.82) is 0 Å². The molecule has 0 aliphatic carbocycles. The maximum atomic E-state index is 6.72. The zero-order valence-corrected chi connectivity index (χ0v) is 20.2. The molecule has 0 amide bonds. The topological polar surface area (TPSA) is 108 Å². The van der Waals surface area contributed by atoms with Crippen LogP contribution in [0.1, 0.15) is 12.0 Å². The molecule has 178 valence electrons. The van der Waals surface area contributed by atoms with Gasteiger partial charge in [-0.15, -0.1) is 0 Å². The van der Waals surface area contributed by atoms with Gasteiger partial charge in [0.2, 0.25) is 5.95 Å². The molecule has 34 heavy (non-hydrogen) atoms. The van der Waals surface area contributed by atoms with Crippen molar-refractivity contribution in [1.82, 2.24) is 15.0 Å². The second kappa shape index (κ2) is 9.42. The first-order valence-electron chi connectivity index (χ1n) is 10.8. The fourth-order valence-electron chi connectivity index (χ4n) is 4.23. The fourth-order valence-corrected chi connectivity index (χ4v) is 4.94. The summed E-state index contributed by atoms with van der Waals surface area (Å²) in [5.74, 6) is 2.05. The first-order chi connectivity index (χ1) is 16.5. The first-order valence-corrected chi connectivity index (χ1v) is 11.6. The van der Waals surface area contributed by atoms with Crippen molar-refractivity contribution in [2.24, 2.45) is 5.73 Å². The minimum atomic E-state index is -0.0536. The van der Waals surface area contributed by atoms with Crippen molar-refractivity contribution in [3.63, 3.8) is 0 Å². The third-order valence-electron chi connectivity index (χ3n) is 6.04. The summed E-state index contributed by atoms with van der Waals surface area (Å²) in [6.07, 6.45) is 4.30. The summed E-state index contributed by atoms with van der Waals surface area (Å²) < 4.78 is 16.5. The Labute approximate surface area is 207 Å². The van der Waals surface area contributed by atoms with E-state index in [1.54, 1.807) is 32.7 Å². The van der Waals surface area contributed by atoms with E-state index >= 15 is 0 Å². The summed E-state index contributed by atoms with van der Waals surface area (Å²) in [5, 5.41) is 4.04. The lowest BCUT2D eigenvalue weighted by Gasteiger charge is -2.33. The molecule has 2 atom stereocenters. The van der Waals surface area contributed by atoms with Crippen molar-refractivity contribution in [3.05, 3.63) is 46.2 Å². The quantitative estimate of drug-likeness (QED) is 0.533. The zero-order chi connectivity index (χ0) is 23.8. The molecule has 0 saturated carbocycles. The van der Waals surface area contributed by atoms with Crippen molar-refractivity contribution >= 4 is 40.7 Å². The molecule has 9 nitrogen and oxygen atoms in total. The van der Waals surface area contributed by atoms with E-state index < -0.39 is 0 Å². The summed E-state index contributed by atoms with van der Waals surface area (Å²) in [6, 6.07) is 5.40. The smallest absolute Gasteiger partial charge is 0.223 e. The van der Waals surface area contributed by atoms with Crippen LogP contribution in [-0.2, 0) is 11.3 Å². The molecule has 0 bridgehead atoms. The van der Waals surface area contributed by atoms with Crippen LogP contribution in [0.15, 0.2) is 30.6 Å². The Kier molecular flexibility index (Phi) is 6.35. The lowest BCUT2D eigenvalue weighted by Crippen LogP contribution is -2.47. The van der Waals surface area contributed by atoms with E-state index in [0.29, 0.717) is 58.8 Å². The monoisotopic (exact) mass is 502 g/mol. The molecule has 0 unspecified atom stereocenters. The minimum absolute atomic E-state index is 0.0230. The molecule has 1 saturated heterocycles. The number of ether oxygens (including phenoxy) is 3. The Balaban J connectivity index is 1.57. The van der Waals surface area contributed by atoms with Crippen LogP contribution in [0, 0.1) is 0 Å². The van der Waals surface area contributed by atoms with Crippen LogP contribution in [0.3, 0.4) is 0 Å². The fraction of sp³-hybridized carbons (Fsp3) is 0.348. The Bertz CT molecular complexity index is 1200. The molecule has 2 aromatic heterocycles. The Hall–Kier alpha value is -2.85. The summed E-state index contributed by atoms with van der Waals surface area (Å²) in [6.45, 7) is 1.59. The van der Waals surface area contributed by atoms with Gasteiger partial charge in [-0.05, 0) is 18.6 Å². The molecule has 3 aromatic rings. The van der Waals surface area contributed by atoms with Gasteiger partial charge < -0.3 is 30.2 Å². The van der Waals surface area contributed by atoms with Gasteiger partial charge >= 0.3 is 0 Å². The van der Waals surface area contributed by atoms with Gasteiger partial charge in [-0.1, -0.05) is 23.2 Å². The number of halogens is 2. The lowest BCUT2D eigenvalue weighted by molar-refractivity contribution is 0.0766. The number of aromatic nitrogens is 3. The number of hydrogen-bond acceptors (Lipinski definition) is 9. The molecule has 4 heterocycles. The highest BCUT2D eigenvalue weighted by Gasteiger charge is 2.31. The molecule has 2 aliphatic heterocycles. The van der Waals surface area contributed by atoms with E-state index in [4.69, 9.17) is 48.1 Å². The number of nitrogens with zero attached hydrogens (tertiary/aromatic N) is 4. The minimum Gasteiger partial charge on any atom is -0.495 e. The number of rotatable bonds is 5. The third kappa shape index (κ3) is 3.98. The van der Waals surface area contributed by atoms with Gasteiger partial charge in [0, 0.05) is 42.2 Å². The highest BCUT2D eigenvalue weighted by Crippen LogP contribution is 2.51. The van der Waals surface area contributed by atoms with Gasteiger partial charge in [0.05, 0.1) is 44.8 Å². The summed E-state index contributed by atoms with van der Waals surface area (Å²) in [7, 11) is 3.09. The Morgan fingerprint density at radius 2 is 1.94 bits per heavy atom. The lowest BCUT2D eigenvalue weighted by atomic mass is 10.0. The number of anilines is 3. The average Bonchev–Trinajstić information content (AvgIpc) is 2.86. The van der Waals surface area contributed by atoms with Crippen LogP contribution in [0.5, 0.6) is 11.5 Å². The zero-order valence-electron chi connectivity index (χ0n) is 18.7. The largest absolute Gasteiger partial charge is 0.495 e. The molecule has 1 fully saturated rings. The molecular formula is C23H24Cl2N6O3. The first kappa shape index (κ1) is 22.9. The average molecular weight is 503 g/mol. The second-order valence-electron chi connectivity index (χ2n) is 8.06. The van der Waals surface area contributed by atoms with Gasteiger partial charge in [0.1, 0.15) is 27.4 Å². The van der Waals surface area contributed by atoms with Crippen LogP contribution >= 0.6 is 23.2 Å². The Morgan fingerprint density at radius 1 is 1.18 bits per heavy atom. The van der Waals surface area contributed by atoms with Gasteiger partial charge in [-0.3, -0.25) is 0 Å². The maximum absolute atomic E-state index is 6.72. The number of pyridine rings is 1. The van der Waals surface area contributed by atoms with E-state index in [1.807, 2.05) is 17.0 Å². The predicted molar refractivity (Wildman–Crippen MR) is 131 cm³/mol. The van der Waals surface area contributed by atoms with Crippen LogP contribution in [0.25, 0.3) is 11.3 Å². The van der Waals surface area contributed by atoms with Crippen LogP contribution < -0.4 is 25.4 Å². The normalized spacial score (nSPS) is 19.3. The number of hydrogen-bond donors (Lipinski definition) is 2. The summed E-state index contributed by atoms with van der Waals surface area (Å²) >= 11 is 13.4. The van der Waals surface area contributed by atoms with Crippen molar-refractivity contribution in [2.75, 3.05) is 37.7 Å². The third-order valence-corrected chi connectivity index (χ3v) is 6.77. The highest BCUT2D eigenvalue weighted by molar-refractivity contribution is 6.41. The Morgan fingerprint density at radius 3 is 2.65 bits per heavy atom. The number of nitrogens with one attached hydrogen (secondary N) is 1. The molecule has 1 aromatic carbocycles. The second-order valence-corrected chi connectivity index (χ2v) is 8.82. The number of nitrogens with two attached hydrogens (primary N) is 1. The highest BCUT2D eigenvalue weighted by atomic mass is 35.5. The van der Waals surface area contributed by atoms with Gasteiger partial charge in [0.15, 0.2) is 0 Å². The predicted octanol–water partition coefficient (Wildman–Crippen LogP) is 4.04. The van der Waals surface area contributed by atoms with E-state index in [2.05, 4.69) is 15.3 Å². The molecule has 0 radical (unpaired) electrons. The summed E-state index contributed by atoms with van der Waals surface area (Å²) in [5.41, 5.74) is 9.28. The standard InChI is InChI=1S/C23H24Cl2N6O3/c1-32-16-8-17(33-2)19(25)21(18(16)24)31-10-12-9-28-23(29-15-11-34-7-5-14(15)26)30-20(12)13-4-3-6-27-22(13)31/h3-4,6,8-9,14-15H,5,7,10-11,26H2,1-2H3,(H,28,29,30)/t14-,15+/m0/s1. The van der Waals surface area contributed by atoms with Crippen LogP contribution in [-0.4, -0.2) is 54.5 Å². The molecule has 2 aliphatic rings. The van der Waals surface area contributed by atoms with Gasteiger partial charge in [-0.25, -0.2) is 15.0 Å². The van der Waals surface area contributed by atoms with Crippen LogP contribution in [0.4, 0.5) is 17.5 Å². The maximum Gasteiger partial charge on any atom is 0.223 e.